The fourth-order valence-electron chi connectivity index (χ4n) is 10.9. The lowest BCUT2D eigenvalue weighted by Gasteiger charge is -2.27. The molecule has 0 spiro atoms. The number of fused-ring (bicyclic) bond motifs is 12. The Labute approximate surface area is 371 Å². The van der Waals surface area contributed by atoms with Gasteiger partial charge in [0.1, 0.15) is 0 Å². The number of benzene rings is 11. The summed E-state index contributed by atoms with van der Waals surface area (Å²) in [7, 11) is 0. The smallest absolute Gasteiger partial charge is 0.0620 e. The Morgan fingerprint density at radius 2 is 0.734 bits per heavy atom. The first-order valence-corrected chi connectivity index (χ1v) is 22.3. The summed E-state index contributed by atoms with van der Waals surface area (Å²) in [6, 6.07) is 80.8. The number of anilines is 3. The molecule has 13 rings (SSSR count). The first-order valence-electron chi connectivity index (χ1n) is 22.3. The van der Waals surface area contributed by atoms with Gasteiger partial charge in [-0.25, -0.2) is 0 Å². The molecule has 0 atom stereocenters. The quantitative estimate of drug-likeness (QED) is 0.152. The van der Waals surface area contributed by atoms with Gasteiger partial charge in [0.25, 0.3) is 0 Å². The van der Waals surface area contributed by atoms with Gasteiger partial charge >= 0.3 is 0 Å². The van der Waals surface area contributed by atoms with Crippen molar-refractivity contribution in [1.29, 1.82) is 0 Å². The highest BCUT2D eigenvalue weighted by atomic mass is 15.1. The molecule has 0 N–H and O–H groups in total. The Bertz CT molecular complexity index is 3930. The Morgan fingerprint density at radius 1 is 0.297 bits per heavy atom. The van der Waals surface area contributed by atoms with Crippen LogP contribution < -0.4 is 4.90 Å². The average Bonchev–Trinajstić information content (AvgIpc) is 3.88. The lowest BCUT2D eigenvalue weighted by molar-refractivity contribution is 1.29. The number of hydrogen-bond donors (Lipinski definition) is 0. The van der Waals surface area contributed by atoms with Crippen molar-refractivity contribution in [2.45, 2.75) is 13.8 Å². The Kier molecular flexibility index (Phi) is 8.07. The Balaban J connectivity index is 0.990. The van der Waals surface area contributed by atoms with Crippen LogP contribution in [0.15, 0.2) is 218 Å². The number of nitrogens with zero attached hydrogens (tertiary/aromatic N) is 2. The van der Waals surface area contributed by atoms with Crippen molar-refractivity contribution in [1.82, 2.24) is 4.40 Å². The third-order valence-electron chi connectivity index (χ3n) is 13.8. The normalized spacial score (nSPS) is 11.9. The molecule has 0 aliphatic carbocycles. The SMILES string of the molecule is Cc1ccccc1-c1c(C)cccc1-c1ccc(N(c2ccc(-c3cccc4c5cccc6c7ccccc7n(c34)c65)cc2)c2ccc3c4ccccc4c4ccccc4c3c2)cc1. The van der Waals surface area contributed by atoms with Gasteiger partial charge in [-0.05, 0) is 128 Å². The molecule has 300 valence electrons. The molecular formula is C62H42N2. The van der Waals surface area contributed by atoms with Crippen LogP contribution >= 0.6 is 0 Å². The van der Waals surface area contributed by atoms with Crippen molar-refractivity contribution >= 4 is 87.5 Å². The minimum atomic E-state index is 1.10. The number of rotatable bonds is 6. The van der Waals surface area contributed by atoms with E-state index in [0.29, 0.717) is 0 Å². The molecule has 0 saturated heterocycles. The Hall–Kier alpha value is -8.20. The standard InChI is InChI=1S/C62H42N2/c1-39-14-3-4-16-46(39)60-40(2)15-11-22-47(60)41-28-32-43(33-29-41)63(45-36-37-53-51-19-6-5-17-49(51)50-18-7-8-20-52(50)58(53)38-45)44-34-30-42(31-35-44)48-23-12-25-56-57-26-13-24-55-54-21-9-10-27-59(54)64(61(48)56)62(55)57/h3-38H,1-2H3. The van der Waals surface area contributed by atoms with Gasteiger partial charge in [-0.15, -0.1) is 0 Å². The summed E-state index contributed by atoms with van der Waals surface area (Å²) >= 11 is 0. The molecule has 0 aliphatic rings. The molecule has 2 heteroatoms. The van der Waals surface area contributed by atoms with Crippen LogP contribution in [0.5, 0.6) is 0 Å². The third kappa shape index (κ3) is 5.39. The monoisotopic (exact) mass is 814 g/mol. The van der Waals surface area contributed by atoms with Crippen molar-refractivity contribution in [2.75, 3.05) is 4.90 Å². The fourth-order valence-corrected chi connectivity index (χ4v) is 10.9. The molecule has 0 aliphatic heterocycles. The van der Waals surface area contributed by atoms with E-state index in [1.165, 1.54) is 115 Å². The number of aromatic nitrogens is 1. The first kappa shape index (κ1) is 36.5. The van der Waals surface area contributed by atoms with E-state index in [9.17, 15) is 0 Å². The van der Waals surface area contributed by atoms with Crippen molar-refractivity contribution in [3.05, 3.63) is 230 Å². The second-order valence-corrected chi connectivity index (χ2v) is 17.3. The highest BCUT2D eigenvalue weighted by Crippen LogP contribution is 2.45. The predicted octanol–water partition coefficient (Wildman–Crippen LogP) is 17.4. The minimum Gasteiger partial charge on any atom is -0.310 e. The zero-order chi connectivity index (χ0) is 42.5. The van der Waals surface area contributed by atoms with Crippen LogP contribution in [0.4, 0.5) is 17.1 Å². The molecule has 2 heterocycles. The molecule has 2 nitrogen and oxygen atoms in total. The van der Waals surface area contributed by atoms with Gasteiger partial charge in [0, 0.05) is 44.2 Å². The second kappa shape index (κ2) is 14.2. The number of hydrogen-bond acceptors (Lipinski definition) is 1. The maximum Gasteiger partial charge on any atom is 0.0620 e. The van der Waals surface area contributed by atoms with Crippen LogP contribution in [0.2, 0.25) is 0 Å². The molecule has 0 amide bonds. The van der Waals surface area contributed by atoms with Crippen LogP contribution in [-0.4, -0.2) is 4.40 Å². The van der Waals surface area contributed by atoms with E-state index in [1.54, 1.807) is 0 Å². The summed E-state index contributed by atoms with van der Waals surface area (Å²) in [6.45, 7) is 4.43. The van der Waals surface area contributed by atoms with Gasteiger partial charge in [0.2, 0.25) is 0 Å². The molecule has 2 aromatic heterocycles. The third-order valence-corrected chi connectivity index (χ3v) is 13.8. The van der Waals surface area contributed by atoms with Gasteiger partial charge in [-0.1, -0.05) is 176 Å². The summed E-state index contributed by atoms with van der Waals surface area (Å²) in [5.41, 5.74) is 17.1. The first-order chi connectivity index (χ1) is 31.6. The van der Waals surface area contributed by atoms with E-state index < -0.39 is 0 Å². The molecule has 64 heavy (non-hydrogen) atoms. The molecule has 0 unspecified atom stereocenters. The summed E-state index contributed by atoms with van der Waals surface area (Å²) in [5, 5.41) is 12.8. The van der Waals surface area contributed by atoms with Gasteiger partial charge in [-0.2, -0.15) is 0 Å². The van der Waals surface area contributed by atoms with Crippen LogP contribution in [0.25, 0.3) is 104 Å². The molecule has 13 aromatic rings. The topological polar surface area (TPSA) is 7.65 Å². The largest absolute Gasteiger partial charge is 0.310 e. The summed E-state index contributed by atoms with van der Waals surface area (Å²) in [6.07, 6.45) is 0. The van der Waals surface area contributed by atoms with E-state index in [0.717, 1.165) is 17.1 Å². The molecule has 0 saturated carbocycles. The average molecular weight is 815 g/mol. The highest BCUT2D eigenvalue weighted by Gasteiger charge is 2.21. The molecule has 0 bridgehead atoms. The zero-order valence-electron chi connectivity index (χ0n) is 35.7. The van der Waals surface area contributed by atoms with Crippen LogP contribution in [-0.2, 0) is 0 Å². The lowest BCUT2D eigenvalue weighted by atomic mass is 9.89. The van der Waals surface area contributed by atoms with Crippen molar-refractivity contribution in [3.63, 3.8) is 0 Å². The van der Waals surface area contributed by atoms with E-state index in [-0.39, 0.29) is 0 Å². The van der Waals surface area contributed by atoms with Crippen LogP contribution in [0, 0.1) is 13.8 Å². The highest BCUT2D eigenvalue weighted by molar-refractivity contribution is 6.26. The molecule has 11 aromatic carbocycles. The van der Waals surface area contributed by atoms with Crippen molar-refractivity contribution in [2.24, 2.45) is 0 Å². The van der Waals surface area contributed by atoms with E-state index in [1.807, 2.05) is 0 Å². The van der Waals surface area contributed by atoms with Crippen molar-refractivity contribution in [3.8, 4) is 33.4 Å². The van der Waals surface area contributed by atoms with E-state index >= 15 is 0 Å². The zero-order valence-corrected chi connectivity index (χ0v) is 35.7. The molecular weight excluding hydrogens is 773 g/mol. The van der Waals surface area contributed by atoms with Crippen LogP contribution in [0.1, 0.15) is 11.1 Å². The maximum atomic E-state index is 2.49. The summed E-state index contributed by atoms with van der Waals surface area (Å²) in [4.78, 5) is 2.42. The second-order valence-electron chi connectivity index (χ2n) is 17.3. The van der Waals surface area contributed by atoms with E-state index in [2.05, 4.69) is 242 Å². The summed E-state index contributed by atoms with van der Waals surface area (Å²) in [5.74, 6) is 0. The van der Waals surface area contributed by atoms with E-state index in [4.69, 9.17) is 0 Å². The number of aryl methyl sites for hydroxylation is 2. The van der Waals surface area contributed by atoms with Gasteiger partial charge < -0.3 is 9.30 Å². The minimum absolute atomic E-state index is 1.10. The lowest BCUT2D eigenvalue weighted by Crippen LogP contribution is -2.10. The van der Waals surface area contributed by atoms with Crippen LogP contribution in [0.3, 0.4) is 0 Å². The number of para-hydroxylation sites is 3. The van der Waals surface area contributed by atoms with Gasteiger partial charge in [-0.3, -0.25) is 0 Å². The Morgan fingerprint density at radius 3 is 1.41 bits per heavy atom. The van der Waals surface area contributed by atoms with Gasteiger partial charge in [0.05, 0.1) is 16.6 Å². The maximum absolute atomic E-state index is 2.49. The van der Waals surface area contributed by atoms with Gasteiger partial charge in [0.15, 0.2) is 0 Å². The fraction of sp³-hybridized carbons (Fsp3) is 0.0323. The molecule has 0 radical (unpaired) electrons. The predicted molar refractivity (Wildman–Crippen MR) is 274 cm³/mol. The summed E-state index contributed by atoms with van der Waals surface area (Å²) < 4.78 is 2.49. The molecule has 0 fully saturated rings. The van der Waals surface area contributed by atoms with Crippen molar-refractivity contribution < 1.29 is 0 Å².